The summed E-state index contributed by atoms with van der Waals surface area (Å²) in [5.74, 6) is 0.607. The molecule has 1 amide bonds. The first-order valence-corrected chi connectivity index (χ1v) is 12.8. The van der Waals surface area contributed by atoms with Crippen LogP contribution in [-0.4, -0.2) is 18.8 Å². The third kappa shape index (κ3) is 4.26. The van der Waals surface area contributed by atoms with Crippen LogP contribution in [0, 0.1) is 0 Å². The number of hydrogen-bond acceptors (Lipinski definition) is 4. The van der Waals surface area contributed by atoms with E-state index in [4.69, 9.17) is 4.74 Å². The summed E-state index contributed by atoms with van der Waals surface area (Å²) >= 11 is 0. The lowest BCUT2D eigenvalue weighted by molar-refractivity contribution is -0.116. The van der Waals surface area contributed by atoms with E-state index in [1.165, 1.54) is 0 Å². The zero-order valence-electron chi connectivity index (χ0n) is 21.1. The lowest BCUT2D eigenvalue weighted by Gasteiger charge is -2.35. The van der Waals surface area contributed by atoms with Crippen LogP contribution in [0.4, 0.5) is 11.4 Å². The zero-order chi connectivity index (χ0) is 26.1. The number of carbonyl (C=O) groups excluding carboxylic acids is 2. The summed E-state index contributed by atoms with van der Waals surface area (Å²) in [7, 11) is 1.62. The van der Waals surface area contributed by atoms with Crippen molar-refractivity contribution in [3.05, 3.63) is 137 Å². The highest BCUT2D eigenvalue weighted by Crippen LogP contribution is 2.48. The quantitative estimate of drug-likeness (QED) is 0.331. The molecule has 2 unspecified atom stereocenters. The van der Waals surface area contributed by atoms with E-state index in [-0.39, 0.29) is 17.6 Å². The third-order valence-corrected chi connectivity index (χ3v) is 7.41. The molecule has 0 fully saturated rings. The molecule has 1 heterocycles. The topological polar surface area (TPSA) is 58.6 Å². The number of benzene rings is 4. The summed E-state index contributed by atoms with van der Waals surface area (Å²) < 4.78 is 5.54. The maximum atomic E-state index is 14.3. The smallest absolute Gasteiger partial charge is 0.259 e. The number of para-hydroxylation sites is 2. The van der Waals surface area contributed by atoms with Crippen molar-refractivity contribution in [2.45, 2.75) is 24.8 Å². The summed E-state index contributed by atoms with van der Waals surface area (Å²) in [6, 6.07) is 34.2. The van der Waals surface area contributed by atoms with E-state index in [1.807, 2.05) is 97.1 Å². The highest BCUT2D eigenvalue weighted by molar-refractivity contribution is 6.12. The monoisotopic (exact) mass is 500 g/mol. The summed E-state index contributed by atoms with van der Waals surface area (Å²) in [5.41, 5.74) is 5.55. The molecule has 5 heteroatoms. The van der Waals surface area contributed by atoms with Crippen LogP contribution in [0.3, 0.4) is 0 Å². The van der Waals surface area contributed by atoms with Crippen molar-refractivity contribution < 1.29 is 14.3 Å². The van der Waals surface area contributed by atoms with Crippen molar-refractivity contribution in [2.75, 3.05) is 17.3 Å². The first-order chi connectivity index (χ1) is 18.6. The fourth-order valence-electron chi connectivity index (χ4n) is 5.62. The number of carbonyl (C=O) groups is 2. The Labute approximate surface area is 222 Å². The van der Waals surface area contributed by atoms with Crippen LogP contribution in [0.1, 0.15) is 46.3 Å². The molecule has 5 nitrogen and oxygen atoms in total. The predicted octanol–water partition coefficient (Wildman–Crippen LogP) is 6.91. The van der Waals surface area contributed by atoms with E-state index < -0.39 is 6.04 Å². The van der Waals surface area contributed by atoms with Crippen molar-refractivity contribution in [1.82, 2.24) is 0 Å². The van der Waals surface area contributed by atoms with Gasteiger partial charge >= 0.3 is 0 Å². The standard InChI is InChI=1S/C33H28N2O3/c1-38-26-16-10-15-24(19-26)32-31-28(20-25(21-30(31)36)22-11-4-2-5-12-22)34-27-17-8-9-18-29(27)35(32)33(37)23-13-6-3-7-14-23/h2-19,25,32,34H,20-21H2,1H3. The summed E-state index contributed by atoms with van der Waals surface area (Å²) in [4.78, 5) is 30.1. The Balaban J connectivity index is 1.58. The molecule has 0 bridgehead atoms. The van der Waals surface area contributed by atoms with Gasteiger partial charge in [-0.2, -0.15) is 0 Å². The Hall–Kier alpha value is -4.64. The average molecular weight is 501 g/mol. The molecular formula is C33H28N2O3. The molecule has 4 aromatic rings. The van der Waals surface area contributed by atoms with E-state index >= 15 is 0 Å². The Morgan fingerprint density at radius 3 is 2.26 bits per heavy atom. The van der Waals surface area contributed by atoms with Crippen LogP contribution in [0.15, 0.2) is 120 Å². The normalized spacial score (nSPS) is 18.7. The van der Waals surface area contributed by atoms with Gasteiger partial charge in [0.1, 0.15) is 5.75 Å². The number of amides is 1. The van der Waals surface area contributed by atoms with Gasteiger partial charge in [0, 0.05) is 23.3 Å². The van der Waals surface area contributed by atoms with E-state index in [1.54, 1.807) is 12.0 Å². The van der Waals surface area contributed by atoms with Crippen LogP contribution >= 0.6 is 0 Å². The number of nitrogens with one attached hydrogen (secondary N) is 1. The minimum Gasteiger partial charge on any atom is -0.497 e. The largest absolute Gasteiger partial charge is 0.497 e. The molecular weight excluding hydrogens is 472 g/mol. The maximum absolute atomic E-state index is 14.3. The molecule has 0 spiro atoms. The lowest BCUT2D eigenvalue weighted by atomic mass is 9.78. The number of nitrogens with zero attached hydrogens (tertiary/aromatic N) is 1. The molecule has 0 aromatic heterocycles. The first-order valence-electron chi connectivity index (χ1n) is 12.8. The fourth-order valence-corrected chi connectivity index (χ4v) is 5.62. The van der Waals surface area contributed by atoms with Crippen LogP contribution in [0.25, 0.3) is 0 Å². The zero-order valence-corrected chi connectivity index (χ0v) is 21.1. The van der Waals surface area contributed by atoms with Crippen LogP contribution < -0.4 is 15.0 Å². The molecule has 1 aliphatic carbocycles. The van der Waals surface area contributed by atoms with Crippen molar-refractivity contribution in [1.29, 1.82) is 0 Å². The molecule has 188 valence electrons. The van der Waals surface area contributed by atoms with Crippen molar-refractivity contribution >= 4 is 23.1 Å². The highest BCUT2D eigenvalue weighted by atomic mass is 16.5. The highest BCUT2D eigenvalue weighted by Gasteiger charge is 2.42. The first kappa shape index (κ1) is 23.7. The average Bonchev–Trinajstić information content (AvgIpc) is 3.12. The van der Waals surface area contributed by atoms with Crippen LogP contribution in [0.5, 0.6) is 5.75 Å². The van der Waals surface area contributed by atoms with E-state index in [9.17, 15) is 9.59 Å². The minimum absolute atomic E-state index is 0.0408. The van der Waals surface area contributed by atoms with Gasteiger partial charge in [0.25, 0.3) is 5.91 Å². The van der Waals surface area contributed by atoms with E-state index in [0.29, 0.717) is 29.7 Å². The molecule has 0 radical (unpaired) electrons. The fraction of sp³-hybridized carbons (Fsp3) is 0.152. The second-order valence-corrected chi connectivity index (χ2v) is 9.69. The van der Waals surface area contributed by atoms with Crippen molar-refractivity contribution in [3.8, 4) is 5.75 Å². The SMILES string of the molecule is COc1cccc(C2C3=C(CC(c4ccccc4)CC3=O)Nc3ccccc3N2C(=O)c2ccccc2)c1. The Morgan fingerprint density at radius 1 is 0.816 bits per heavy atom. The molecule has 38 heavy (non-hydrogen) atoms. The molecule has 0 saturated heterocycles. The van der Waals surface area contributed by atoms with E-state index in [0.717, 1.165) is 28.2 Å². The number of allylic oxidation sites excluding steroid dienone is 1. The number of ether oxygens (including phenoxy) is 1. The van der Waals surface area contributed by atoms with Gasteiger partial charge in [-0.05, 0) is 59.9 Å². The molecule has 0 saturated carbocycles. The van der Waals surface area contributed by atoms with Gasteiger partial charge in [0.15, 0.2) is 5.78 Å². The summed E-state index contributed by atoms with van der Waals surface area (Å²) in [5, 5.41) is 3.59. The Bertz CT molecular complexity index is 1530. The van der Waals surface area contributed by atoms with Gasteiger partial charge in [0.2, 0.25) is 0 Å². The number of methoxy groups -OCH3 is 1. The molecule has 4 aromatic carbocycles. The predicted molar refractivity (Wildman–Crippen MR) is 150 cm³/mol. The summed E-state index contributed by atoms with van der Waals surface area (Å²) in [6.07, 6.45) is 1.06. The number of anilines is 2. The van der Waals surface area contributed by atoms with Crippen molar-refractivity contribution in [3.63, 3.8) is 0 Å². The second kappa shape index (κ2) is 10.0. The lowest BCUT2D eigenvalue weighted by Crippen LogP contribution is -2.38. The third-order valence-electron chi connectivity index (χ3n) is 7.41. The maximum Gasteiger partial charge on any atom is 0.259 e. The molecule has 2 atom stereocenters. The Kier molecular flexibility index (Phi) is 6.26. The minimum atomic E-state index is -0.617. The van der Waals surface area contributed by atoms with Gasteiger partial charge in [0.05, 0.1) is 24.5 Å². The van der Waals surface area contributed by atoms with Crippen LogP contribution in [0.2, 0.25) is 0 Å². The number of fused-ring (bicyclic) bond motifs is 1. The second-order valence-electron chi connectivity index (χ2n) is 9.69. The number of Topliss-reactive ketones (excluding diaryl/α,β-unsaturated/α-hetero) is 1. The number of rotatable bonds is 4. The molecule has 1 N–H and O–H groups in total. The number of ketones is 1. The molecule has 1 aliphatic heterocycles. The Morgan fingerprint density at radius 2 is 1.50 bits per heavy atom. The van der Waals surface area contributed by atoms with Gasteiger partial charge < -0.3 is 10.1 Å². The molecule has 6 rings (SSSR count). The van der Waals surface area contributed by atoms with Crippen LogP contribution in [-0.2, 0) is 4.79 Å². The summed E-state index contributed by atoms with van der Waals surface area (Å²) in [6.45, 7) is 0. The number of hydrogen-bond donors (Lipinski definition) is 1. The van der Waals surface area contributed by atoms with E-state index in [2.05, 4.69) is 17.4 Å². The van der Waals surface area contributed by atoms with Gasteiger partial charge in [-0.25, -0.2) is 0 Å². The van der Waals surface area contributed by atoms with Gasteiger partial charge in [-0.3, -0.25) is 14.5 Å². The van der Waals surface area contributed by atoms with Gasteiger partial charge in [-0.1, -0.05) is 72.8 Å². The van der Waals surface area contributed by atoms with Crippen molar-refractivity contribution in [2.24, 2.45) is 0 Å². The van der Waals surface area contributed by atoms with Gasteiger partial charge in [-0.15, -0.1) is 0 Å². The molecule has 2 aliphatic rings.